The molecule has 1 aliphatic rings. The SMILES string of the molecule is Cc1cc2ncc(C(=O)NC(C)c3ccc4c(c3)OCCO4)c(N)n2n1. The smallest absolute Gasteiger partial charge is 0.257 e. The van der Waals surface area contributed by atoms with Crippen LogP contribution in [0.15, 0.2) is 30.5 Å². The number of amides is 1. The van der Waals surface area contributed by atoms with E-state index in [1.54, 1.807) is 6.07 Å². The van der Waals surface area contributed by atoms with Gasteiger partial charge in [-0.25, -0.2) is 4.98 Å². The number of ether oxygens (including phenoxy) is 2. The second kappa shape index (κ2) is 6.21. The molecule has 0 aliphatic carbocycles. The maximum absolute atomic E-state index is 12.7. The summed E-state index contributed by atoms with van der Waals surface area (Å²) in [6, 6.07) is 7.19. The van der Waals surface area contributed by atoms with Crippen molar-refractivity contribution in [1.82, 2.24) is 19.9 Å². The van der Waals surface area contributed by atoms with Crippen molar-refractivity contribution in [3.05, 3.63) is 47.3 Å². The lowest BCUT2D eigenvalue weighted by atomic mass is 10.1. The number of carbonyl (C=O) groups excluding carboxylic acids is 1. The summed E-state index contributed by atoms with van der Waals surface area (Å²) in [7, 11) is 0. The van der Waals surface area contributed by atoms with Crippen molar-refractivity contribution in [3.63, 3.8) is 0 Å². The number of benzene rings is 1. The van der Waals surface area contributed by atoms with E-state index in [-0.39, 0.29) is 23.3 Å². The third kappa shape index (κ3) is 2.79. The number of nitrogen functional groups attached to an aromatic ring is 1. The number of hydrogen-bond acceptors (Lipinski definition) is 6. The van der Waals surface area contributed by atoms with Gasteiger partial charge in [-0.2, -0.15) is 9.61 Å². The summed E-state index contributed by atoms with van der Waals surface area (Å²) in [5.41, 5.74) is 8.68. The molecule has 26 heavy (non-hydrogen) atoms. The van der Waals surface area contributed by atoms with E-state index >= 15 is 0 Å². The molecule has 4 rings (SSSR count). The van der Waals surface area contributed by atoms with E-state index < -0.39 is 0 Å². The Morgan fingerprint density at radius 1 is 1.27 bits per heavy atom. The molecule has 3 N–H and O–H groups in total. The van der Waals surface area contributed by atoms with Gasteiger partial charge in [-0.15, -0.1) is 0 Å². The van der Waals surface area contributed by atoms with Crippen molar-refractivity contribution >= 4 is 17.4 Å². The zero-order chi connectivity index (χ0) is 18.3. The lowest BCUT2D eigenvalue weighted by Gasteiger charge is -2.21. The highest BCUT2D eigenvalue weighted by atomic mass is 16.6. The van der Waals surface area contributed by atoms with E-state index in [9.17, 15) is 4.79 Å². The van der Waals surface area contributed by atoms with Gasteiger partial charge in [-0.1, -0.05) is 6.07 Å². The number of carbonyl (C=O) groups is 1. The summed E-state index contributed by atoms with van der Waals surface area (Å²) in [6.07, 6.45) is 1.47. The van der Waals surface area contributed by atoms with Crippen LogP contribution in [0, 0.1) is 6.92 Å². The molecule has 1 amide bonds. The van der Waals surface area contributed by atoms with Gasteiger partial charge in [0.2, 0.25) is 0 Å². The molecule has 0 fully saturated rings. The number of aryl methyl sites for hydroxylation is 1. The van der Waals surface area contributed by atoms with Crippen molar-refractivity contribution in [1.29, 1.82) is 0 Å². The number of nitrogens with zero attached hydrogens (tertiary/aromatic N) is 3. The van der Waals surface area contributed by atoms with Gasteiger partial charge in [0.15, 0.2) is 17.1 Å². The van der Waals surface area contributed by atoms with Crippen molar-refractivity contribution in [2.75, 3.05) is 18.9 Å². The molecule has 1 unspecified atom stereocenters. The summed E-state index contributed by atoms with van der Waals surface area (Å²) in [5.74, 6) is 1.35. The molecule has 2 aromatic heterocycles. The normalized spacial score (nSPS) is 14.2. The number of nitrogens with one attached hydrogen (secondary N) is 1. The van der Waals surface area contributed by atoms with Crippen LogP contribution in [-0.2, 0) is 0 Å². The van der Waals surface area contributed by atoms with Crippen LogP contribution < -0.4 is 20.5 Å². The quantitative estimate of drug-likeness (QED) is 0.745. The van der Waals surface area contributed by atoms with Crippen LogP contribution in [0.5, 0.6) is 11.5 Å². The monoisotopic (exact) mass is 353 g/mol. The number of rotatable bonds is 3. The van der Waals surface area contributed by atoms with Crippen LogP contribution in [-0.4, -0.2) is 33.7 Å². The van der Waals surface area contributed by atoms with Crippen molar-refractivity contribution in [3.8, 4) is 11.5 Å². The highest BCUT2D eigenvalue weighted by molar-refractivity contribution is 5.98. The Bertz CT molecular complexity index is 998. The lowest BCUT2D eigenvalue weighted by Crippen LogP contribution is -2.28. The Balaban J connectivity index is 1.57. The molecule has 0 spiro atoms. The Morgan fingerprint density at radius 2 is 2.04 bits per heavy atom. The van der Waals surface area contributed by atoms with Crippen LogP contribution in [0.25, 0.3) is 5.65 Å². The first-order valence-corrected chi connectivity index (χ1v) is 8.34. The molecule has 1 aromatic carbocycles. The molecule has 3 heterocycles. The lowest BCUT2D eigenvalue weighted by molar-refractivity contribution is 0.0940. The van der Waals surface area contributed by atoms with Gasteiger partial charge in [0.25, 0.3) is 5.91 Å². The topological polar surface area (TPSA) is 104 Å². The number of aromatic nitrogens is 3. The van der Waals surface area contributed by atoms with Crippen LogP contribution in [0.3, 0.4) is 0 Å². The average Bonchev–Trinajstić information content (AvgIpc) is 3.02. The molecule has 8 nitrogen and oxygen atoms in total. The molecule has 8 heteroatoms. The molecular formula is C18H19N5O3. The first kappa shape index (κ1) is 16.2. The predicted molar refractivity (Wildman–Crippen MR) is 95.4 cm³/mol. The molecule has 134 valence electrons. The van der Waals surface area contributed by atoms with Gasteiger partial charge in [0, 0.05) is 12.3 Å². The van der Waals surface area contributed by atoms with E-state index in [1.165, 1.54) is 10.7 Å². The molecule has 1 atom stereocenters. The maximum atomic E-state index is 12.7. The van der Waals surface area contributed by atoms with Gasteiger partial charge in [-0.3, -0.25) is 4.79 Å². The van der Waals surface area contributed by atoms with Gasteiger partial charge >= 0.3 is 0 Å². The standard InChI is InChI=1S/C18H19N5O3/c1-10-7-16-20-9-13(17(19)23(16)22-10)18(24)21-11(2)12-3-4-14-15(8-12)26-6-5-25-14/h3-4,7-9,11H,5-6,19H2,1-2H3,(H,21,24). The fourth-order valence-electron chi connectivity index (χ4n) is 2.93. The predicted octanol–water partition coefficient (Wildman–Crippen LogP) is 1.88. The van der Waals surface area contributed by atoms with Gasteiger partial charge in [0.05, 0.1) is 17.3 Å². The Labute approximate surface area is 149 Å². The highest BCUT2D eigenvalue weighted by Crippen LogP contribution is 2.32. The van der Waals surface area contributed by atoms with E-state index in [2.05, 4.69) is 15.4 Å². The molecule has 0 bridgehead atoms. The zero-order valence-corrected chi connectivity index (χ0v) is 14.5. The number of fused-ring (bicyclic) bond motifs is 2. The van der Waals surface area contributed by atoms with Crippen LogP contribution >= 0.6 is 0 Å². The van der Waals surface area contributed by atoms with Gasteiger partial charge < -0.3 is 20.5 Å². The third-order valence-corrected chi connectivity index (χ3v) is 4.30. The summed E-state index contributed by atoms with van der Waals surface area (Å²) < 4.78 is 12.6. The van der Waals surface area contributed by atoms with Gasteiger partial charge in [-0.05, 0) is 31.5 Å². The fraction of sp³-hybridized carbons (Fsp3) is 0.278. The second-order valence-electron chi connectivity index (χ2n) is 6.21. The van der Waals surface area contributed by atoms with Crippen LogP contribution in [0.4, 0.5) is 5.82 Å². The molecule has 0 saturated heterocycles. The summed E-state index contributed by atoms with van der Waals surface area (Å²) in [4.78, 5) is 16.9. The minimum Gasteiger partial charge on any atom is -0.486 e. The second-order valence-corrected chi connectivity index (χ2v) is 6.21. The third-order valence-electron chi connectivity index (χ3n) is 4.30. The molecule has 0 saturated carbocycles. The minimum atomic E-state index is -0.313. The number of anilines is 1. The van der Waals surface area contributed by atoms with E-state index in [0.717, 1.165) is 11.3 Å². The Hall–Kier alpha value is -3.29. The Morgan fingerprint density at radius 3 is 2.85 bits per heavy atom. The van der Waals surface area contributed by atoms with Crippen molar-refractivity contribution < 1.29 is 14.3 Å². The average molecular weight is 353 g/mol. The summed E-state index contributed by atoms with van der Waals surface area (Å²) in [5, 5.41) is 7.20. The summed E-state index contributed by atoms with van der Waals surface area (Å²) >= 11 is 0. The number of hydrogen-bond donors (Lipinski definition) is 2. The van der Waals surface area contributed by atoms with Crippen molar-refractivity contribution in [2.45, 2.75) is 19.9 Å². The molecule has 3 aromatic rings. The van der Waals surface area contributed by atoms with E-state index in [1.807, 2.05) is 32.0 Å². The summed E-state index contributed by atoms with van der Waals surface area (Å²) in [6.45, 7) is 4.80. The largest absolute Gasteiger partial charge is 0.486 e. The number of nitrogens with two attached hydrogens (primary N) is 1. The highest BCUT2D eigenvalue weighted by Gasteiger charge is 2.19. The minimum absolute atomic E-state index is 0.243. The van der Waals surface area contributed by atoms with E-state index in [4.69, 9.17) is 15.2 Å². The molecule has 1 aliphatic heterocycles. The first-order chi connectivity index (χ1) is 12.5. The zero-order valence-electron chi connectivity index (χ0n) is 14.5. The fourth-order valence-corrected chi connectivity index (χ4v) is 2.93. The van der Waals surface area contributed by atoms with E-state index in [0.29, 0.717) is 30.4 Å². The van der Waals surface area contributed by atoms with Crippen LogP contribution in [0.1, 0.15) is 34.6 Å². The first-order valence-electron chi connectivity index (χ1n) is 8.34. The van der Waals surface area contributed by atoms with Gasteiger partial charge in [0.1, 0.15) is 19.0 Å². The van der Waals surface area contributed by atoms with Crippen molar-refractivity contribution in [2.24, 2.45) is 0 Å². The molecular weight excluding hydrogens is 334 g/mol. The Kier molecular flexibility index (Phi) is 3.87. The molecule has 0 radical (unpaired) electrons. The maximum Gasteiger partial charge on any atom is 0.257 e. The van der Waals surface area contributed by atoms with Crippen LogP contribution in [0.2, 0.25) is 0 Å².